The normalized spacial score (nSPS) is 12.1. The van der Waals surface area contributed by atoms with Crippen molar-refractivity contribution < 1.29 is 19.1 Å². The average Bonchev–Trinajstić information content (AvgIpc) is 2.37. The quantitative estimate of drug-likeness (QED) is 0.592. The van der Waals surface area contributed by atoms with Crippen molar-refractivity contribution >= 4 is 11.9 Å². The predicted octanol–water partition coefficient (Wildman–Crippen LogP) is 3.19. The molecule has 4 heteroatoms. The fourth-order valence-electron chi connectivity index (χ4n) is 1.99. The number of hydrogen-bond acceptors (Lipinski definition) is 4. The van der Waals surface area contributed by atoms with Crippen molar-refractivity contribution in [3.8, 4) is 0 Å². The smallest absolute Gasteiger partial charge is 0.305 e. The zero-order valence-corrected chi connectivity index (χ0v) is 12.5. The molecule has 0 aliphatic rings. The fourth-order valence-corrected chi connectivity index (χ4v) is 1.99. The lowest BCUT2D eigenvalue weighted by atomic mass is 9.98. The Morgan fingerprint density at radius 3 is 1.95 bits per heavy atom. The van der Waals surface area contributed by atoms with E-state index in [9.17, 15) is 9.59 Å². The molecule has 0 radical (unpaired) electrons. The molecule has 0 spiro atoms. The summed E-state index contributed by atoms with van der Waals surface area (Å²) in [6.07, 6.45) is 1.24. The van der Waals surface area contributed by atoms with Crippen LogP contribution in [0.4, 0.5) is 0 Å². The monoisotopic (exact) mass is 278 g/mol. The van der Waals surface area contributed by atoms with Crippen LogP contribution in [0.1, 0.15) is 51.2 Å². The Hall–Kier alpha value is -1.84. The van der Waals surface area contributed by atoms with Crippen molar-refractivity contribution in [2.75, 3.05) is 0 Å². The van der Waals surface area contributed by atoms with E-state index in [1.165, 1.54) is 19.4 Å². The van der Waals surface area contributed by atoms with E-state index in [2.05, 4.69) is 6.92 Å². The van der Waals surface area contributed by atoms with Gasteiger partial charge in [-0.2, -0.15) is 0 Å². The molecule has 0 bridgehead atoms. The Morgan fingerprint density at radius 1 is 1.05 bits per heavy atom. The number of ether oxygens (including phenoxy) is 2. The first-order valence-electron chi connectivity index (χ1n) is 6.87. The summed E-state index contributed by atoms with van der Waals surface area (Å²) in [6.45, 7) is 6.60. The van der Waals surface area contributed by atoms with Gasteiger partial charge in [-0.25, -0.2) is 0 Å². The molecule has 0 heterocycles. The molecule has 1 aromatic rings. The number of benzene rings is 1. The summed E-state index contributed by atoms with van der Waals surface area (Å²) in [5, 5.41) is 0. The second kappa shape index (κ2) is 7.68. The summed E-state index contributed by atoms with van der Waals surface area (Å²) in [6, 6.07) is 8.06. The SMILES string of the molecule is CCCc1ccc([C@@H](C)C(OC(C)=O)OC(C)=O)cc1. The zero-order chi connectivity index (χ0) is 15.1. The summed E-state index contributed by atoms with van der Waals surface area (Å²) < 4.78 is 10.1. The summed E-state index contributed by atoms with van der Waals surface area (Å²) in [5.74, 6) is -1.14. The van der Waals surface area contributed by atoms with Crippen LogP contribution >= 0.6 is 0 Å². The molecule has 110 valence electrons. The number of hydrogen-bond donors (Lipinski definition) is 0. The molecule has 0 aliphatic heterocycles. The van der Waals surface area contributed by atoms with Crippen LogP contribution in [0.5, 0.6) is 0 Å². The Kier molecular flexibility index (Phi) is 6.22. The third kappa shape index (κ3) is 5.03. The largest absolute Gasteiger partial charge is 0.425 e. The van der Waals surface area contributed by atoms with Gasteiger partial charge in [0.25, 0.3) is 6.29 Å². The lowest BCUT2D eigenvalue weighted by Gasteiger charge is -2.23. The predicted molar refractivity (Wildman–Crippen MR) is 76.2 cm³/mol. The molecule has 0 amide bonds. The molecular weight excluding hydrogens is 256 g/mol. The Morgan fingerprint density at radius 2 is 1.55 bits per heavy atom. The van der Waals surface area contributed by atoms with E-state index in [1.54, 1.807) is 0 Å². The van der Waals surface area contributed by atoms with Crippen molar-refractivity contribution in [1.29, 1.82) is 0 Å². The first-order chi connectivity index (χ1) is 9.43. The van der Waals surface area contributed by atoms with Gasteiger partial charge in [-0.15, -0.1) is 0 Å². The molecule has 0 unspecified atom stereocenters. The van der Waals surface area contributed by atoms with E-state index in [0.717, 1.165) is 18.4 Å². The maximum absolute atomic E-state index is 11.1. The van der Waals surface area contributed by atoms with Crippen LogP contribution in [0, 0.1) is 0 Å². The third-order valence-corrected chi connectivity index (χ3v) is 3.02. The number of rotatable bonds is 6. The van der Waals surface area contributed by atoms with Gasteiger partial charge in [-0.05, 0) is 17.5 Å². The highest BCUT2D eigenvalue weighted by Gasteiger charge is 2.24. The van der Waals surface area contributed by atoms with E-state index < -0.39 is 18.2 Å². The molecule has 20 heavy (non-hydrogen) atoms. The molecule has 0 aromatic heterocycles. The summed E-state index contributed by atoms with van der Waals surface area (Å²) in [4.78, 5) is 22.2. The van der Waals surface area contributed by atoms with Crippen LogP contribution in [0.2, 0.25) is 0 Å². The lowest BCUT2D eigenvalue weighted by Crippen LogP contribution is -2.27. The molecule has 0 saturated carbocycles. The molecular formula is C16H22O4. The Bertz CT molecular complexity index is 434. The second-order valence-corrected chi connectivity index (χ2v) is 4.87. The summed E-state index contributed by atoms with van der Waals surface area (Å²) in [7, 11) is 0. The molecule has 0 fully saturated rings. The van der Waals surface area contributed by atoms with Gasteiger partial charge in [0.1, 0.15) is 0 Å². The zero-order valence-electron chi connectivity index (χ0n) is 12.5. The maximum Gasteiger partial charge on any atom is 0.305 e. The van der Waals surface area contributed by atoms with E-state index in [4.69, 9.17) is 9.47 Å². The molecule has 1 atom stereocenters. The minimum atomic E-state index is -0.887. The molecule has 0 saturated heterocycles. The van der Waals surface area contributed by atoms with Crippen LogP contribution in [-0.2, 0) is 25.5 Å². The standard InChI is InChI=1S/C16H22O4/c1-5-6-14-7-9-15(10-8-14)11(2)16(19-12(3)17)20-13(4)18/h7-11,16H,5-6H2,1-4H3/t11-/m1/s1. The van der Waals surface area contributed by atoms with E-state index in [1.807, 2.05) is 31.2 Å². The van der Waals surface area contributed by atoms with E-state index in [0.29, 0.717) is 0 Å². The number of carbonyl (C=O) groups is 2. The molecule has 0 aliphatic carbocycles. The second-order valence-electron chi connectivity index (χ2n) is 4.87. The highest BCUT2D eigenvalue weighted by molar-refractivity contribution is 5.68. The molecule has 0 N–H and O–H groups in total. The van der Waals surface area contributed by atoms with Gasteiger partial charge >= 0.3 is 11.9 Å². The number of esters is 2. The third-order valence-electron chi connectivity index (χ3n) is 3.02. The van der Waals surface area contributed by atoms with Crippen molar-refractivity contribution in [3.63, 3.8) is 0 Å². The maximum atomic E-state index is 11.1. The van der Waals surface area contributed by atoms with Gasteiger partial charge < -0.3 is 9.47 Å². The van der Waals surface area contributed by atoms with Crippen molar-refractivity contribution in [3.05, 3.63) is 35.4 Å². The van der Waals surface area contributed by atoms with Crippen molar-refractivity contribution in [2.45, 2.75) is 52.7 Å². The van der Waals surface area contributed by atoms with Crippen LogP contribution < -0.4 is 0 Å². The van der Waals surface area contributed by atoms with Gasteiger partial charge in [-0.1, -0.05) is 44.5 Å². The average molecular weight is 278 g/mol. The van der Waals surface area contributed by atoms with E-state index >= 15 is 0 Å². The number of aryl methyl sites for hydroxylation is 1. The Balaban J connectivity index is 2.84. The molecule has 4 nitrogen and oxygen atoms in total. The topological polar surface area (TPSA) is 52.6 Å². The number of carbonyl (C=O) groups excluding carboxylic acids is 2. The molecule has 1 aromatic carbocycles. The van der Waals surface area contributed by atoms with Crippen molar-refractivity contribution in [1.82, 2.24) is 0 Å². The van der Waals surface area contributed by atoms with Crippen LogP contribution in [-0.4, -0.2) is 18.2 Å². The minimum Gasteiger partial charge on any atom is -0.425 e. The van der Waals surface area contributed by atoms with Gasteiger partial charge in [0.05, 0.1) is 5.92 Å². The first-order valence-corrected chi connectivity index (χ1v) is 6.87. The highest BCUT2D eigenvalue weighted by Crippen LogP contribution is 2.23. The Labute approximate surface area is 120 Å². The van der Waals surface area contributed by atoms with Crippen LogP contribution in [0.25, 0.3) is 0 Å². The van der Waals surface area contributed by atoms with Gasteiger partial charge in [-0.3, -0.25) is 9.59 Å². The van der Waals surface area contributed by atoms with Crippen LogP contribution in [0.3, 0.4) is 0 Å². The highest BCUT2D eigenvalue weighted by atomic mass is 16.7. The van der Waals surface area contributed by atoms with Gasteiger partial charge in [0, 0.05) is 13.8 Å². The summed E-state index contributed by atoms with van der Waals surface area (Å²) in [5.41, 5.74) is 2.23. The van der Waals surface area contributed by atoms with Gasteiger partial charge in [0.15, 0.2) is 0 Å². The lowest BCUT2D eigenvalue weighted by molar-refractivity contribution is -0.188. The fraction of sp³-hybridized carbons (Fsp3) is 0.500. The van der Waals surface area contributed by atoms with E-state index in [-0.39, 0.29) is 5.92 Å². The first kappa shape index (κ1) is 16.2. The van der Waals surface area contributed by atoms with Crippen molar-refractivity contribution in [2.24, 2.45) is 0 Å². The summed E-state index contributed by atoms with van der Waals surface area (Å²) >= 11 is 0. The van der Waals surface area contributed by atoms with Crippen LogP contribution in [0.15, 0.2) is 24.3 Å². The van der Waals surface area contributed by atoms with Gasteiger partial charge in [0.2, 0.25) is 0 Å². The molecule has 1 rings (SSSR count). The minimum absolute atomic E-state index is 0.210.